The molecule has 0 spiro atoms. The van der Waals surface area contributed by atoms with Crippen molar-refractivity contribution in [2.45, 2.75) is 83.1 Å². The number of ketones is 1. The van der Waals surface area contributed by atoms with E-state index in [4.69, 9.17) is 0 Å². The fourth-order valence-corrected chi connectivity index (χ4v) is 5.13. The Hall–Kier alpha value is -3.61. The van der Waals surface area contributed by atoms with Crippen LogP contribution in [-0.2, 0) is 20.9 Å². The fourth-order valence-electron chi connectivity index (χ4n) is 5.13. The highest BCUT2D eigenvalue weighted by Gasteiger charge is 2.41. The molecular formula is C23H31N7O6. The third kappa shape index (κ3) is 5.45. The molecule has 4 rings (SSSR count). The summed E-state index contributed by atoms with van der Waals surface area (Å²) >= 11 is 0. The molecule has 0 radical (unpaired) electrons. The van der Waals surface area contributed by atoms with Gasteiger partial charge in [0.1, 0.15) is 17.4 Å². The van der Waals surface area contributed by atoms with Gasteiger partial charge in [-0.1, -0.05) is 17.2 Å². The number of Topliss-reactive ketones (excluding diaryl/α,β-unsaturated/α-hetero) is 1. The number of hydrogen-bond acceptors (Lipinski definition) is 10. The van der Waals surface area contributed by atoms with Crippen LogP contribution < -0.4 is 16.2 Å². The van der Waals surface area contributed by atoms with Crippen molar-refractivity contribution in [3.05, 3.63) is 34.1 Å². The summed E-state index contributed by atoms with van der Waals surface area (Å²) in [6.45, 7) is 3.71. The molecule has 0 aromatic carbocycles. The zero-order valence-electron chi connectivity index (χ0n) is 20.3. The Labute approximate surface area is 207 Å². The van der Waals surface area contributed by atoms with Crippen LogP contribution in [0.4, 0.5) is 5.82 Å². The van der Waals surface area contributed by atoms with Crippen LogP contribution in [0.25, 0.3) is 0 Å². The van der Waals surface area contributed by atoms with Crippen LogP contribution in [-0.4, -0.2) is 72.2 Å². The minimum atomic E-state index is -1.18. The van der Waals surface area contributed by atoms with Gasteiger partial charge in [-0.2, -0.15) is 0 Å². The quantitative estimate of drug-likeness (QED) is 0.373. The Morgan fingerprint density at radius 2 is 1.89 bits per heavy atom. The van der Waals surface area contributed by atoms with Crippen LogP contribution in [0.15, 0.2) is 21.8 Å². The maximum atomic E-state index is 13.2. The van der Waals surface area contributed by atoms with Crippen LogP contribution >= 0.6 is 0 Å². The van der Waals surface area contributed by atoms with Crippen molar-refractivity contribution in [1.82, 2.24) is 30.1 Å². The van der Waals surface area contributed by atoms with Crippen LogP contribution in [0, 0.1) is 6.92 Å². The number of aliphatic carboxylic acids is 1. The standard InChI is InChI=1S/C23H31N7O6/c1-3-18(29-9-8-24-21(23(29)35)25-11-17-13(2)27-36-28-17)22(34)26-16(10-20(32)33)19(31)12-30-14-4-5-15(30)7-6-14/h8-9,14-16,18H,3-7,10-12H2,1-2H3,(H,24,25)(H,26,34)(H,32,33)/t14?,15?,16?,18-/m0/s1. The van der Waals surface area contributed by atoms with Crippen LogP contribution in [0.2, 0.25) is 0 Å². The maximum absolute atomic E-state index is 13.2. The number of fused-ring (bicyclic) bond motifs is 2. The van der Waals surface area contributed by atoms with Gasteiger partial charge in [-0.15, -0.1) is 0 Å². The molecule has 0 aliphatic carbocycles. The van der Waals surface area contributed by atoms with Gasteiger partial charge in [0.2, 0.25) is 5.91 Å². The molecule has 2 aliphatic rings. The number of carboxylic acid groups (broad SMARTS) is 1. The second-order valence-corrected chi connectivity index (χ2v) is 9.32. The molecule has 13 nitrogen and oxygen atoms in total. The average molecular weight is 502 g/mol. The summed E-state index contributed by atoms with van der Waals surface area (Å²) in [7, 11) is 0. The highest BCUT2D eigenvalue weighted by Crippen LogP contribution is 2.37. The minimum Gasteiger partial charge on any atom is -0.481 e. The summed E-state index contributed by atoms with van der Waals surface area (Å²) in [6, 6.07) is -1.44. The number of carbonyl (C=O) groups is 3. The molecule has 1 unspecified atom stereocenters. The van der Waals surface area contributed by atoms with Gasteiger partial charge in [0.15, 0.2) is 11.6 Å². The first-order chi connectivity index (χ1) is 17.3. The summed E-state index contributed by atoms with van der Waals surface area (Å²) < 4.78 is 5.87. The zero-order chi connectivity index (χ0) is 25.8. The molecule has 2 atom stereocenters. The topological polar surface area (TPSA) is 173 Å². The normalized spacial score (nSPS) is 20.7. The summed E-state index contributed by atoms with van der Waals surface area (Å²) in [5.41, 5.74) is 0.543. The number of aryl methyl sites for hydroxylation is 1. The number of carbonyl (C=O) groups excluding carboxylic acids is 2. The Morgan fingerprint density at radius 3 is 2.47 bits per heavy atom. The Bertz CT molecular complexity index is 1160. The molecular weight excluding hydrogens is 470 g/mol. The number of rotatable bonds is 12. The Kier molecular flexibility index (Phi) is 7.77. The van der Waals surface area contributed by atoms with Gasteiger partial charge in [0, 0.05) is 24.5 Å². The molecule has 36 heavy (non-hydrogen) atoms. The third-order valence-corrected chi connectivity index (χ3v) is 7.09. The first-order valence-electron chi connectivity index (χ1n) is 12.2. The van der Waals surface area contributed by atoms with E-state index in [2.05, 4.69) is 35.5 Å². The molecule has 1 amide bonds. The van der Waals surface area contributed by atoms with Gasteiger partial charge >= 0.3 is 5.97 Å². The highest BCUT2D eigenvalue weighted by atomic mass is 16.6. The lowest BCUT2D eigenvalue weighted by Gasteiger charge is -2.25. The SMILES string of the molecule is CC[C@@H](C(=O)NC(CC(=O)O)C(=O)CN1C2CCC1CC2)n1ccnc(NCc2nonc2C)c1=O. The monoisotopic (exact) mass is 501 g/mol. The lowest BCUT2D eigenvalue weighted by Crippen LogP contribution is -2.50. The summed E-state index contributed by atoms with van der Waals surface area (Å²) in [5.74, 6) is -2.11. The van der Waals surface area contributed by atoms with Crippen molar-refractivity contribution >= 4 is 23.5 Å². The molecule has 2 bridgehead atoms. The van der Waals surface area contributed by atoms with Gasteiger partial charge in [-0.05, 0) is 39.0 Å². The predicted octanol–water partition coefficient (Wildman–Crippen LogP) is 0.653. The van der Waals surface area contributed by atoms with E-state index in [1.165, 1.54) is 17.0 Å². The maximum Gasteiger partial charge on any atom is 0.305 e. The van der Waals surface area contributed by atoms with E-state index in [0.29, 0.717) is 23.5 Å². The van der Waals surface area contributed by atoms with E-state index in [-0.39, 0.29) is 31.1 Å². The van der Waals surface area contributed by atoms with Gasteiger partial charge in [0.05, 0.1) is 25.6 Å². The number of hydrogen-bond donors (Lipinski definition) is 3. The second-order valence-electron chi connectivity index (χ2n) is 9.32. The van der Waals surface area contributed by atoms with Crippen molar-refractivity contribution in [2.24, 2.45) is 0 Å². The number of nitrogens with zero attached hydrogens (tertiary/aromatic N) is 5. The largest absolute Gasteiger partial charge is 0.481 e. The summed E-state index contributed by atoms with van der Waals surface area (Å²) in [4.78, 5) is 57.0. The average Bonchev–Trinajstić information content (AvgIpc) is 3.55. The number of anilines is 1. The van der Waals surface area contributed by atoms with Crippen molar-refractivity contribution in [2.75, 3.05) is 11.9 Å². The van der Waals surface area contributed by atoms with Gasteiger partial charge in [0.25, 0.3) is 5.56 Å². The van der Waals surface area contributed by atoms with Gasteiger partial charge in [-0.3, -0.25) is 28.6 Å². The van der Waals surface area contributed by atoms with E-state index < -0.39 is 35.9 Å². The summed E-state index contributed by atoms with van der Waals surface area (Å²) in [6.07, 6.45) is 6.66. The molecule has 2 aromatic rings. The lowest BCUT2D eigenvalue weighted by molar-refractivity contribution is -0.140. The van der Waals surface area contributed by atoms with E-state index in [9.17, 15) is 24.3 Å². The Balaban J connectivity index is 1.46. The predicted molar refractivity (Wildman–Crippen MR) is 126 cm³/mol. The molecule has 0 saturated carbocycles. The van der Waals surface area contributed by atoms with E-state index in [1.54, 1.807) is 13.8 Å². The van der Waals surface area contributed by atoms with E-state index in [1.807, 2.05) is 0 Å². The molecule has 194 valence electrons. The number of nitrogens with one attached hydrogen (secondary N) is 2. The third-order valence-electron chi connectivity index (χ3n) is 7.09. The molecule has 2 aromatic heterocycles. The first kappa shape index (κ1) is 25.5. The molecule has 13 heteroatoms. The molecule has 2 fully saturated rings. The summed E-state index contributed by atoms with van der Waals surface area (Å²) in [5, 5.41) is 22.3. The first-order valence-corrected chi connectivity index (χ1v) is 12.2. The smallest absolute Gasteiger partial charge is 0.305 e. The molecule has 2 aliphatic heterocycles. The number of aromatic nitrogens is 4. The van der Waals surface area contributed by atoms with Crippen molar-refractivity contribution < 1.29 is 24.1 Å². The van der Waals surface area contributed by atoms with Crippen molar-refractivity contribution in [3.63, 3.8) is 0 Å². The highest BCUT2D eigenvalue weighted by molar-refractivity contribution is 5.94. The second kappa shape index (κ2) is 11.0. The van der Waals surface area contributed by atoms with E-state index >= 15 is 0 Å². The Morgan fingerprint density at radius 1 is 1.19 bits per heavy atom. The number of amides is 1. The lowest BCUT2D eigenvalue weighted by atomic mass is 10.0. The van der Waals surface area contributed by atoms with Crippen molar-refractivity contribution in [1.29, 1.82) is 0 Å². The molecule has 4 heterocycles. The van der Waals surface area contributed by atoms with Crippen molar-refractivity contribution in [3.8, 4) is 0 Å². The van der Waals surface area contributed by atoms with Crippen LogP contribution in [0.1, 0.15) is 62.9 Å². The van der Waals surface area contributed by atoms with Gasteiger partial charge < -0.3 is 15.7 Å². The van der Waals surface area contributed by atoms with E-state index in [0.717, 1.165) is 25.7 Å². The minimum absolute atomic E-state index is 0.00817. The van der Waals surface area contributed by atoms with Gasteiger partial charge in [-0.25, -0.2) is 9.61 Å². The number of carboxylic acids is 1. The van der Waals surface area contributed by atoms with Crippen LogP contribution in [0.5, 0.6) is 0 Å². The van der Waals surface area contributed by atoms with Crippen LogP contribution in [0.3, 0.4) is 0 Å². The molecule has 2 saturated heterocycles. The molecule has 3 N–H and O–H groups in total. The fraction of sp³-hybridized carbons (Fsp3) is 0.609. The zero-order valence-corrected chi connectivity index (χ0v) is 20.3.